The summed E-state index contributed by atoms with van der Waals surface area (Å²) in [5.41, 5.74) is -0.496. The molecule has 1 aliphatic rings. The third-order valence-corrected chi connectivity index (χ3v) is 3.75. The molecule has 0 radical (unpaired) electrons. The summed E-state index contributed by atoms with van der Waals surface area (Å²) in [6, 6.07) is 0.535. The van der Waals surface area contributed by atoms with E-state index in [4.69, 9.17) is 0 Å². The summed E-state index contributed by atoms with van der Waals surface area (Å²) in [5, 5.41) is 13.8. The van der Waals surface area contributed by atoms with Crippen LogP contribution in [0.25, 0.3) is 0 Å². The van der Waals surface area contributed by atoms with Gasteiger partial charge in [0.1, 0.15) is 0 Å². The van der Waals surface area contributed by atoms with Crippen LogP contribution in [0.5, 0.6) is 0 Å². The first-order valence-corrected chi connectivity index (χ1v) is 6.02. The maximum atomic E-state index is 10.3. The van der Waals surface area contributed by atoms with E-state index in [1.807, 2.05) is 6.92 Å². The van der Waals surface area contributed by atoms with Crippen LogP contribution in [0, 0.1) is 5.92 Å². The van der Waals surface area contributed by atoms with Gasteiger partial charge in [0.05, 0.1) is 5.60 Å². The molecule has 1 aliphatic heterocycles. The molecule has 1 fully saturated rings. The molecule has 0 amide bonds. The number of rotatable bonds is 4. The van der Waals surface area contributed by atoms with E-state index < -0.39 is 5.60 Å². The van der Waals surface area contributed by atoms with E-state index >= 15 is 0 Å². The molecule has 14 heavy (non-hydrogen) atoms. The highest BCUT2D eigenvalue weighted by Crippen LogP contribution is 2.27. The van der Waals surface area contributed by atoms with Crippen LogP contribution in [-0.4, -0.2) is 23.3 Å². The Morgan fingerprint density at radius 3 is 2.71 bits per heavy atom. The summed E-state index contributed by atoms with van der Waals surface area (Å²) in [5.74, 6) is 0.395. The molecule has 84 valence electrons. The van der Waals surface area contributed by atoms with E-state index in [-0.39, 0.29) is 0 Å². The summed E-state index contributed by atoms with van der Waals surface area (Å²) in [6.07, 6.45) is 5.80. The van der Waals surface area contributed by atoms with Gasteiger partial charge in [0.2, 0.25) is 0 Å². The van der Waals surface area contributed by atoms with E-state index in [0.29, 0.717) is 12.0 Å². The van der Waals surface area contributed by atoms with Crippen molar-refractivity contribution in [2.75, 3.05) is 6.54 Å². The van der Waals surface area contributed by atoms with Crippen LogP contribution in [0.4, 0.5) is 0 Å². The summed E-state index contributed by atoms with van der Waals surface area (Å²) in [4.78, 5) is 0. The van der Waals surface area contributed by atoms with Gasteiger partial charge >= 0.3 is 0 Å². The van der Waals surface area contributed by atoms with Crippen molar-refractivity contribution >= 4 is 0 Å². The number of aliphatic hydroxyl groups is 1. The SMILES string of the molecule is CCC(C)C(C)(O)CC1CCCCN1. The van der Waals surface area contributed by atoms with Gasteiger partial charge < -0.3 is 10.4 Å². The molecule has 3 unspecified atom stereocenters. The molecule has 3 atom stereocenters. The first kappa shape index (κ1) is 12.0. The minimum Gasteiger partial charge on any atom is -0.390 e. The molecule has 0 aromatic carbocycles. The number of piperidine rings is 1. The predicted octanol–water partition coefficient (Wildman–Crippen LogP) is 2.32. The molecule has 0 bridgehead atoms. The van der Waals surface area contributed by atoms with Crippen molar-refractivity contribution < 1.29 is 5.11 Å². The third kappa shape index (κ3) is 3.25. The van der Waals surface area contributed by atoms with Crippen molar-refractivity contribution in [1.29, 1.82) is 0 Å². The lowest BCUT2D eigenvalue weighted by molar-refractivity contribution is -0.0139. The van der Waals surface area contributed by atoms with Crippen molar-refractivity contribution in [3.05, 3.63) is 0 Å². The number of nitrogens with one attached hydrogen (secondary N) is 1. The zero-order chi connectivity index (χ0) is 10.6. The van der Waals surface area contributed by atoms with Gasteiger partial charge in [0, 0.05) is 6.04 Å². The smallest absolute Gasteiger partial charge is 0.0659 e. The second-order valence-corrected chi connectivity index (χ2v) is 5.02. The van der Waals surface area contributed by atoms with Gasteiger partial charge in [-0.2, -0.15) is 0 Å². The van der Waals surface area contributed by atoms with Crippen molar-refractivity contribution in [3.63, 3.8) is 0 Å². The minimum absolute atomic E-state index is 0.395. The van der Waals surface area contributed by atoms with Crippen LogP contribution in [-0.2, 0) is 0 Å². The van der Waals surface area contributed by atoms with E-state index in [9.17, 15) is 5.11 Å². The fourth-order valence-electron chi connectivity index (χ4n) is 2.24. The molecule has 0 aromatic heterocycles. The Morgan fingerprint density at radius 2 is 2.21 bits per heavy atom. The molecule has 2 N–H and O–H groups in total. The predicted molar refractivity (Wildman–Crippen MR) is 60.3 cm³/mol. The van der Waals surface area contributed by atoms with Gasteiger partial charge in [-0.3, -0.25) is 0 Å². The molecule has 2 heteroatoms. The summed E-state index contributed by atoms with van der Waals surface area (Å²) in [7, 11) is 0. The quantitative estimate of drug-likeness (QED) is 0.728. The minimum atomic E-state index is -0.496. The highest BCUT2D eigenvalue weighted by atomic mass is 16.3. The van der Waals surface area contributed by atoms with E-state index in [2.05, 4.69) is 19.2 Å². The largest absolute Gasteiger partial charge is 0.390 e. The lowest BCUT2D eigenvalue weighted by Crippen LogP contribution is -2.43. The fourth-order valence-corrected chi connectivity index (χ4v) is 2.24. The molecular weight excluding hydrogens is 174 g/mol. The highest BCUT2D eigenvalue weighted by molar-refractivity contribution is 4.85. The maximum Gasteiger partial charge on any atom is 0.0659 e. The van der Waals surface area contributed by atoms with E-state index in [0.717, 1.165) is 19.4 Å². The number of hydrogen-bond acceptors (Lipinski definition) is 2. The molecule has 1 heterocycles. The summed E-state index contributed by atoms with van der Waals surface area (Å²) < 4.78 is 0. The second-order valence-electron chi connectivity index (χ2n) is 5.02. The molecule has 0 aliphatic carbocycles. The van der Waals surface area contributed by atoms with Gasteiger partial charge in [0.15, 0.2) is 0 Å². The molecule has 0 spiro atoms. The van der Waals surface area contributed by atoms with Crippen molar-refractivity contribution in [2.45, 2.75) is 64.5 Å². The Kier molecular flexibility index (Phi) is 4.39. The van der Waals surface area contributed by atoms with Gasteiger partial charge in [-0.15, -0.1) is 0 Å². The number of hydrogen-bond donors (Lipinski definition) is 2. The van der Waals surface area contributed by atoms with Gasteiger partial charge in [-0.1, -0.05) is 26.7 Å². The Morgan fingerprint density at radius 1 is 1.50 bits per heavy atom. The molecule has 0 saturated carbocycles. The molecule has 1 saturated heterocycles. The van der Waals surface area contributed by atoms with Crippen LogP contribution >= 0.6 is 0 Å². The van der Waals surface area contributed by atoms with Gasteiger partial charge in [-0.25, -0.2) is 0 Å². The van der Waals surface area contributed by atoms with Crippen molar-refractivity contribution in [1.82, 2.24) is 5.32 Å². The van der Waals surface area contributed by atoms with Crippen LogP contribution in [0.2, 0.25) is 0 Å². The average molecular weight is 199 g/mol. The average Bonchev–Trinajstić information content (AvgIpc) is 2.17. The molecule has 0 aromatic rings. The van der Waals surface area contributed by atoms with E-state index in [1.54, 1.807) is 0 Å². The zero-order valence-corrected chi connectivity index (χ0v) is 9.84. The van der Waals surface area contributed by atoms with Crippen LogP contribution < -0.4 is 5.32 Å². The molecular formula is C12H25NO. The highest BCUT2D eigenvalue weighted by Gasteiger charge is 2.30. The van der Waals surface area contributed by atoms with Crippen molar-refractivity contribution in [3.8, 4) is 0 Å². The van der Waals surface area contributed by atoms with Gasteiger partial charge in [-0.05, 0) is 38.6 Å². The Bertz CT molecular complexity index is 162. The van der Waals surface area contributed by atoms with Crippen molar-refractivity contribution in [2.24, 2.45) is 5.92 Å². The summed E-state index contributed by atoms with van der Waals surface area (Å²) in [6.45, 7) is 7.40. The van der Waals surface area contributed by atoms with Crippen LogP contribution in [0.3, 0.4) is 0 Å². The Labute approximate surface area is 88.1 Å². The van der Waals surface area contributed by atoms with E-state index in [1.165, 1.54) is 19.3 Å². The Hall–Kier alpha value is -0.0800. The summed E-state index contributed by atoms with van der Waals surface area (Å²) >= 11 is 0. The topological polar surface area (TPSA) is 32.3 Å². The van der Waals surface area contributed by atoms with Crippen LogP contribution in [0.15, 0.2) is 0 Å². The van der Waals surface area contributed by atoms with Gasteiger partial charge in [0.25, 0.3) is 0 Å². The lowest BCUT2D eigenvalue weighted by atomic mass is 9.81. The fraction of sp³-hybridized carbons (Fsp3) is 1.00. The first-order valence-electron chi connectivity index (χ1n) is 6.02. The zero-order valence-electron chi connectivity index (χ0n) is 9.84. The molecule has 2 nitrogen and oxygen atoms in total. The second kappa shape index (κ2) is 5.13. The van der Waals surface area contributed by atoms with Crippen LogP contribution in [0.1, 0.15) is 52.9 Å². The monoisotopic (exact) mass is 199 g/mol. The maximum absolute atomic E-state index is 10.3. The molecule has 1 rings (SSSR count). The third-order valence-electron chi connectivity index (χ3n) is 3.75. The normalized spacial score (nSPS) is 29.6. The first-order chi connectivity index (χ1) is 6.56. The lowest BCUT2D eigenvalue weighted by Gasteiger charge is -2.35. The Balaban J connectivity index is 2.40. The standard InChI is InChI=1S/C12H25NO/c1-4-10(2)12(3,14)9-11-7-5-6-8-13-11/h10-11,13-14H,4-9H2,1-3H3.